The van der Waals surface area contributed by atoms with Crippen LogP contribution in [0.3, 0.4) is 0 Å². The van der Waals surface area contributed by atoms with E-state index in [1.807, 2.05) is 59.2 Å². The molecule has 2 aromatic heterocycles. The normalized spacial score (nSPS) is 11.2. The molecular formula is C24H24N4O2S. The molecule has 7 heteroatoms. The van der Waals surface area contributed by atoms with Gasteiger partial charge in [-0.3, -0.25) is 9.36 Å². The SMILES string of the molecule is C=CCn1c(SCC(=O)Nc2ccccc2C(C)C)nnc1-c1cc2ccccc2o1. The molecule has 31 heavy (non-hydrogen) atoms. The number of allylic oxidation sites excluding steroid dienone is 1. The van der Waals surface area contributed by atoms with Crippen LogP contribution >= 0.6 is 11.8 Å². The van der Waals surface area contributed by atoms with E-state index in [0.29, 0.717) is 29.2 Å². The zero-order chi connectivity index (χ0) is 21.8. The van der Waals surface area contributed by atoms with Gasteiger partial charge in [-0.15, -0.1) is 16.8 Å². The fraction of sp³-hybridized carbons (Fsp3) is 0.208. The van der Waals surface area contributed by atoms with Gasteiger partial charge in [0.05, 0.1) is 5.75 Å². The van der Waals surface area contributed by atoms with Gasteiger partial charge in [-0.25, -0.2) is 0 Å². The maximum atomic E-state index is 12.6. The Hall–Kier alpha value is -3.32. The van der Waals surface area contributed by atoms with Gasteiger partial charge < -0.3 is 9.73 Å². The summed E-state index contributed by atoms with van der Waals surface area (Å²) in [6, 6.07) is 17.6. The van der Waals surface area contributed by atoms with Crippen LogP contribution < -0.4 is 5.32 Å². The Kier molecular flexibility index (Phi) is 6.23. The van der Waals surface area contributed by atoms with Crippen LogP contribution in [0.15, 0.2) is 76.8 Å². The summed E-state index contributed by atoms with van der Waals surface area (Å²) in [7, 11) is 0. The molecule has 1 N–H and O–H groups in total. The third-order valence-electron chi connectivity index (χ3n) is 4.86. The van der Waals surface area contributed by atoms with Gasteiger partial charge in [0.15, 0.2) is 10.9 Å². The van der Waals surface area contributed by atoms with Crippen molar-refractivity contribution in [3.8, 4) is 11.6 Å². The zero-order valence-corrected chi connectivity index (χ0v) is 18.4. The number of hydrogen-bond acceptors (Lipinski definition) is 5. The van der Waals surface area contributed by atoms with Crippen molar-refractivity contribution in [3.05, 3.63) is 72.8 Å². The molecule has 0 aliphatic carbocycles. The van der Waals surface area contributed by atoms with Gasteiger partial charge >= 0.3 is 0 Å². The first-order chi connectivity index (χ1) is 15.1. The number of thioether (sulfide) groups is 1. The van der Waals surface area contributed by atoms with Gasteiger partial charge in [-0.05, 0) is 29.7 Å². The molecule has 2 heterocycles. The number of para-hydroxylation sites is 2. The van der Waals surface area contributed by atoms with E-state index in [4.69, 9.17) is 4.42 Å². The minimum atomic E-state index is -0.0865. The van der Waals surface area contributed by atoms with Crippen LogP contribution in [0.5, 0.6) is 0 Å². The summed E-state index contributed by atoms with van der Waals surface area (Å²) in [6.07, 6.45) is 1.78. The highest BCUT2D eigenvalue weighted by atomic mass is 32.2. The second-order valence-electron chi connectivity index (χ2n) is 7.43. The minimum Gasteiger partial charge on any atom is -0.453 e. The first kappa shape index (κ1) is 20.9. The van der Waals surface area contributed by atoms with E-state index in [9.17, 15) is 4.79 Å². The molecule has 0 atom stereocenters. The number of amides is 1. The Morgan fingerprint density at radius 3 is 2.74 bits per heavy atom. The third-order valence-corrected chi connectivity index (χ3v) is 5.83. The maximum absolute atomic E-state index is 12.6. The molecule has 0 saturated heterocycles. The van der Waals surface area contributed by atoms with Gasteiger partial charge in [0, 0.05) is 17.6 Å². The summed E-state index contributed by atoms with van der Waals surface area (Å²) in [4.78, 5) is 12.6. The fourth-order valence-corrected chi connectivity index (χ4v) is 4.14. The Balaban J connectivity index is 1.51. The number of fused-ring (bicyclic) bond motifs is 1. The van der Waals surface area contributed by atoms with Crippen molar-refractivity contribution in [2.45, 2.75) is 31.5 Å². The number of furan rings is 1. The first-order valence-electron chi connectivity index (χ1n) is 10.1. The fourth-order valence-electron chi connectivity index (χ4n) is 3.39. The molecule has 0 spiro atoms. The number of rotatable bonds is 8. The molecule has 0 aliphatic rings. The molecule has 0 aliphatic heterocycles. The molecule has 0 saturated carbocycles. The lowest BCUT2D eigenvalue weighted by atomic mass is 10.0. The van der Waals surface area contributed by atoms with Crippen LogP contribution in [0, 0.1) is 0 Å². The van der Waals surface area contributed by atoms with Gasteiger partial charge in [-0.1, -0.05) is 68.1 Å². The smallest absolute Gasteiger partial charge is 0.234 e. The van der Waals surface area contributed by atoms with Gasteiger partial charge in [0.1, 0.15) is 5.58 Å². The average molecular weight is 433 g/mol. The molecule has 0 fully saturated rings. The summed E-state index contributed by atoms with van der Waals surface area (Å²) in [6.45, 7) is 8.57. The lowest BCUT2D eigenvalue weighted by Gasteiger charge is -2.13. The van der Waals surface area contributed by atoms with E-state index in [1.165, 1.54) is 11.8 Å². The Morgan fingerprint density at radius 2 is 1.97 bits per heavy atom. The summed E-state index contributed by atoms with van der Waals surface area (Å²) in [5.41, 5.74) is 2.75. The van der Waals surface area contributed by atoms with Crippen molar-refractivity contribution < 1.29 is 9.21 Å². The number of nitrogens with zero attached hydrogens (tertiary/aromatic N) is 3. The molecule has 4 rings (SSSR count). The number of carbonyl (C=O) groups is 1. The number of anilines is 1. The van der Waals surface area contributed by atoms with E-state index < -0.39 is 0 Å². The van der Waals surface area contributed by atoms with Crippen LogP contribution in [-0.2, 0) is 11.3 Å². The molecule has 158 valence electrons. The largest absolute Gasteiger partial charge is 0.453 e. The molecule has 0 unspecified atom stereocenters. The van der Waals surface area contributed by atoms with Crippen molar-refractivity contribution in [1.29, 1.82) is 0 Å². The maximum Gasteiger partial charge on any atom is 0.234 e. The summed E-state index contributed by atoms with van der Waals surface area (Å²) in [5, 5.41) is 13.3. The van der Waals surface area contributed by atoms with Crippen molar-refractivity contribution in [3.63, 3.8) is 0 Å². The quantitative estimate of drug-likeness (QED) is 0.284. The lowest BCUT2D eigenvalue weighted by Crippen LogP contribution is -2.16. The molecule has 6 nitrogen and oxygen atoms in total. The first-order valence-corrected chi connectivity index (χ1v) is 11.1. The standard InChI is InChI=1S/C24H24N4O2S/c1-4-13-28-23(21-14-17-9-5-8-12-20(17)30-21)26-27-24(28)31-15-22(29)25-19-11-7-6-10-18(19)16(2)3/h4-12,14,16H,1,13,15H2,2-3H3,(H,25,29). The number of carbonyl (C=O) groups excluding carboxylic acids is 1. The second-order valence-corrected chi connectivity index (χ2v) is 8.38. The lowest BCUT2D eigenvalue weighted by molar-refractivity contribution is -0.113. The van der Waals surface area contributed by atoms with Crippen LogP contribution in [0.25, 0.3) is 22.6 Å². The van der Waals surface area contributed by atoms with Gasteiger partial charge in [0.25, 0.3) is 0 Å². The summed E-state index contributed by atoms with van der Waals surface area (Å²) < 4.78 is 7.86. The minimum absolute atomic E-state index is 0.0865. The van der Waals surface area contributed by atoms with E-state index in [1.54, 1.807) is 6.08 Å². The van der Waals surface area contributed by atoms with Crippen molar-refractivity contribution in [1.82, 2.24) is 14.8 Å². The average Bonchev–Trinajstić information content (AvgIpc) is 3.36. The highest BCUT2D eigenvalue weighted by molar-refractivity contribution is 7.99. The van der Waals surface area contributed by atoms with Crippen LogP contribution in [-0.4, -0.2) is 26.4 Å². The molecule has 1 amide bonds. The van der Waals surface area contributed by atoms with E-state index in [2.05, 4.69) is 35.9 Å². The topological polar surface area (TPSA) is 73.0 Å². The molecule has 0 bridgehead atoms. The Bertz CT molecular complexity index is 1190. The number of benzene rings is 2. The van der Waals surface area contributed by atoms with Gasteiger partial charge in [-0.2, -0.15) is 0 Å². The van der Waals surface area contributed by atoms with Crippen LogP contribution in [0.4, 0.5) is 5.69 Å². The Morgan fingerprint density at radius 1 is 1.19 bits per heavy atom. The van der Waals surface area contributed by atoms with Crippen molar-refractivity contribution >= 4 is 34.3 Å². The van der Waals surface area contributed by atoms with Crippen molar-refractivity contribution in [2.24, 2.45) is 0 Å². The monoisotopic (exact) mass is 432 g/mol. The van der Waals surface area contributed by atoms with Crippen LogP contribution in [0.2, 0.25) is 0 Å². The van der Waals surface area contributed by atoms with E-state index in [-0.39, 0.29) is 11.7 Å². The third kappa shape index (κ3) is 4.56. The molecular weight excluding hydrogens is 408 g/mol. The van der Waals surface area contributed by atoms with E-state index >= 15 is 0 Å². The highest BCUT2D eigenvalue weighted by Gasteiger charge is 2.18. The zero-order valence-electron chi connectivity index (χ0n) is 17.5. The van der Waals surface area contributed by atoms with Crippen molar-refractivity contribution in [2.75, 3.05) is 11.1 Å². The predicted molar refractivity (Wildman–Crippen MR) is 125 cm³/mol. The second kappa shape index (κ2) is 9.22. The Labute approximate surface area is 185 Å². The number of aromatic nitrogens is 3. The summed E-state index contributed by atoms with van der Waals surface area (Å²) >= 11 is 1.34. The summed E-state index contributed by atoms with van der Waals surface area (Å²) in [5.74, 6) is 1.71. The molecule has 4 aromatic rings. The highest BCUT2D eigenvalue weighted by Crippen LogP contribution is 2.29. The van der Waals surface area contributed by atoms with Crippen LogP contribution in [0.1, 0.15) is 25.3 Å². The van der Waals surface area contributed by atoms with Gasteiger partial charge in [0.2, 0.25) is 11.7 Å². The number of hydrogen-bond donors (Lipinski definition) is 1. The number of nitrogens with one attached hydrogen (secondary N) is 1. The predicted octanol–water partition coefficient (Wildman–Crippen LogP) is 5.73. The molecule has 2 aromatic carbocycles. The molecule has 0 radical (unpaired) electrons. The van der Waals surface area contributed by atoms with E-state index in [0.717, 1.165) is 22.2 Å².